The predicted molar refractivity (Wildman–Crippen MR) is 89.7 cm³/mol. The molecule has 8 heteroatoms. The van der Waals surface area contributed by atoms with Crippen LogP contribution in [0.25, 0.3) is 10.2 Å². The molecule has 4 rings (SSSR count). The van der Waals surface area contributed by atoms with Gasteiger partial charge >= 0.3 is 0 Å². The smallest absolute Gasteiger partial charge is 0.274 e. The van der Waals surface area contributed by atoms with Crippen LogP contribution in [-0.4, -0.2) is 51.9 Å². The van der Waals surface area contributed by atoms with E-state index in [-0.39, 0.29) is 11.7 Å². The summed E-state index contributed by atoms with van der Waals surface area (Å²) in [6.07, 6.45) is 4.55. The number of amides is 1. The van der Waals surface area contributed by atoms with Gasteiger partial charge in [0.1, 0.15) is 11.5 Å². The second-order valence-corrected chi connectivity index (χ2v) is 6.49. The van der Waals surface area contributed by atoms with E-state index in [1.807, 2.05) is 0 Å². The summed E-state index contributed by atoms with van der Waals surface area (Å²) in [7, 11) is 0. The van der Waals surface area contributed by atoms with E-state index < -0.39 is 0 Å². The molecule has 0 N–H and O–H groups in total. The van der Waals surface area contributed by atoms with Crippen molar-refractivity contribution < 1.29 is 9.18 Å². The van der Waals surface area contributed by atoms with Crippen molar-refractivity contribution in [3.05, 3.63) is 48.3 Å². The highest BCUT2D eigenvalue weighted by Gasteiger charge is 2.24. The molecule has 122 valence electrons. The molecule has 0 bridgehead atoms. The molecular weight excluding hydrogens is 329 g/mol. The van der Waals surface area contributed by atoms with Gasteiger partial charge in [-0.1, -0.05) is 11.3 Å². The SMILES string of the molecule is O=C(c1cnccn1)N1CCN(c2nc3ccc(F)cc3s2)CC1. The quantitative estimate of drug-likeness (QED) is 0.714. The third-order valence-corrected chi connectivity index (χ3v) is 5.04. The van der Waals surface area contributed by atoms with E-state index in [2.05, 4.69) is 19.9 Å². The van der Waals surface area contributed by atoms with Gasteiger partial charge in [0.05, 0.1) is 16.4 Å². The Morgan fingerprint density at radius 1 is 1.17 bits per heavy atom. The van der Waals surface area contributed by atoms with Gasteiger partial charge in [-0.25, -0.2) is 14.4 Å². The van der Waals surface area contributed by atoms with E-state index in [1.165, 1.54) is 35.9 Å². The van der Waals surface area contributed by atoms with Gasteiger partial charge in [0.25, 0.3) is 5.91 Å². The van der Waals surface area contributed by atoms with Crippen molar-refractivity contribution in [3.63, 3.8) is 0 Å². The van der Waals surface area contributed by atoms with E-state index in [1.54, 1.807) is 17.2 Å². The van der Waals surface area contributed by atoms with Gasteiger partial charge in [0, 0.05) is 38.6 Å². The molecule has 1 amide bonds. The van der Waals surface area contributed by atoms with Crippen LogP contribution in [0.15, 0.2) is 36.8 Å². The lowest BCUT2D eigenvalue weighted by molar-refractivity contribution is 0.0740. The Morgan fingerprint density at radius 3 is 2.75 bits per heavy atom. The third-order valence-electron chi connectivity index (χ3n) is 3.96. The molecule has 3 aromatic rings. The lowest BCUT2D eigenvalue weighted by Crippen LogP contribution is -2.49. The van der Waals surface area contributed by atoms with Crippen LogP contribution in [0, 0.1) is 5.82 Å². The molecule has 1 aromatic carbocycles. The van der Waals surface area contributed by atoms with Crippen molar-refractivity contribution in [2.75, 3.05) is 31.1 Å². The molecule has 1 saturated heterocycles. The van der Waals surface area contributed by atoms with Gasteiger partial charge in [0.2, 0.25) is 0 Å². The molecule has 2 aromatic heterocycles. The Morgan fingerprint density at radius 2 is 2.00 bits per heavy atom. The molecule has 1 aliphatic heterocycles. The van der Waals surface area contributed by atoms with Gasteiger partial charge < -0.3 is 9.80 Å². The van der Waals surface area contributed by atoms with Gasteiger partial charge in [0.15, 0.2) is 5.13 Å². The predicted octanol–water partition coefficient (Wildman–Crippen LogP) is 2.19. The molecule has 3 heterocycles. The summed E-state index contributed by atoms with van der Waals surface area (Å²) in [6.45, 7) is 2.57. The Bertz CT molecular complexity index is 877. The number of carbonyl (C=O) groups excluding carboxylic acids is 1. The van der Waals surface area contributed by atoms with Gasteiger partial charge in [-0.05, 0) is 18.2 Å². The monoisotopic (exact) mass is 343 g/mol. The molecule has 6 nitrogen and oxygen atoms in total. The van der Waals surface area contributed by atoms with Crippen LogP contribution in [0.3, 0.4) is 0 Å². The summed E-state index contributed by atoms with van der Waals surface area (Å²) in [5, 5.41) is 0.863. The molecule has 0 saturated carbocycles. The molecule has 1 fully saturated rings. The molecule has 0 unspecified atom stereocenters. The number of halogens is 1. The highest BCUT2D eigenvalue weighted by Crippen LogP contribution is 2.29. The average Bonchev–Trinajstić information content (AvgIpc) is 3.05. The third kappa shape index (κ3) is 2.80. The van der Waals surface area contributed by atoms with Crippen LogP contribution in [0.4, 0.5) is 9.52 Å². The molecule has 0 radical (unpaired) electrons. The molecule has 24 heavy (non-hydrogen) atoms. The second kappa shape index (κ2) is 6.12. The first-order chi connectivity index (χ1) is 11.7. The number of rotatable bonds is 2. The van der Waals surface area contributed by atoms with Crippen LogP contribution in [0.5, 0.6) is 0 Å². The van der Waals surface area contributed by atoms with E-state index in [9.17, 15) is 9.18 Å². The molecular formula is C16H14FN5OS. The molecule has 0 aliphatic carbocycles. The van der Waals surface area contributed by atoms with Crippen molar-refractivity contribution >= 4 is 32.6 Å². The van der Waals surface area contributed by atoms with Crippen molar-refractivity contribution in [1.82, 2.24) is 19.9 Å². The van der Waals surface area contributed by atoms with E-state index in [0.717, 1.165) is 15.3 Å². The Kier molecular flexibility index (Phi) is 3.81. The average molecular weight is 343 g/mol. The number of thiazole rings is 1. The van der Waals surface area contributed by atoms with Crippen LogP contribution in [0.2, 0.25) is 0 Å². The van der Waals surface area contributed by atoms with E-state index in [4.69, 9.17) is 0 Å². The summed E-state index contributed by atoms with van der Waals surface area (Å²) in [5.74, 6) is -0.355. The number of anilines is 1. The number of piperazine rings is 1. The Balaban J connectivity index is 1.46. The first kappa shape index (κ1) is 14.9. The zero-order valence-electron chi connectivity index (χ0n) is 12.7. The standard InChI is InChI=1S/C16H14FN5OS/c17-11-1-2-12-14(9-11)24-16(20-12)22-7-5-21(6-8-22)15(23)13-10-18-3-4-19-13/h1-4,9-10H,5-8H2. The second-order valence-electron chi connectivity index (χ2n) is 5.48. The minimum absolute atomic E-state index is 0.103. The zero-order valence-corrected chi connectivity index (χ0v) is 13.5. The lowest BCUT2D eigenvalue weighted by Gasteiger charge is -2.34. The first-order valence-corrected chi connectivity index (χ1v) is 8.39. The maximum atomic E-state index is 13.3. The van der Waals surface area contributed by atoms with Gasteiger partial charge in [-0.3, -0.25) is 9.78 Å². The topological polar surface area (TPSA) is 62.2 Å². The number of hydrogen-bond acceptors (Lipinski definition) is 6. The highest BCUT2D eigenvalue weighted by molar-refractivity contribution is 7.22. The van der Waals surface area contributed by atoms with Gasteiger partial charge in [-0.2, -0.15) is 0 Å². The number of carbonyl (C=O) groups is 1. The zero-order chi connectivity index (χ0) is 16.5. The van der Waals surface area contributed by atoms with E-state index >= 15 is 0 Å². The minimum atomic E-state index is -0.253. The number of aromatic nitrogens is 3. The van der Waals surface area contributed by atoms with Crippen LogP contribution >= 0.6 is 11.3 Å². The van der Waals surface area contributed by atoms with Crippen LogP contribution < -0.4 is 4.90 Å². The Labute approximate surface area is 141 Å². The fourth-order valence-corrected chi connectivity index (χ4v) is 3.74. The summed E-state index contributed by atoms with van der Waals surface area (Å²) in [6, 6.07) is 4.62. The summed E-state index contributed by atoms with van der Waals surface area (Å²) < 4.78 is 14.1. The highest BCUT2D eigenvalue weighted by atomic mass is 32.1. The molecule has 0 atom stereocenters. The van der Waals surface area contributed by atoms with Crippen LogP contribution in [0.1, 0.15) is 10.5 Å². The van der Waals surface area contributed by atoms with Crippen molar-refractivity contribution in [2.45, 2.75) is 0 Å². The minimum Gasteiger partial charge on any atom is -0.345 e. The van der Waals surface area contributed by atoms with Gasteiger partial charge in [-0.15, -0.1) is 0 Å². The normalized spacial score (nSPS) is 15.0. The van der Waals surface area contributed by atoms with E-state index in [0.29, 0.717) is 31.9 Å². The number of benzene rings is 1. The summed E-state index contributed by atoms with van der Waals surface area (Å²) >= 11 is 1.47. The molecule has 0 spiro atoms. The largest absolute Gasteiger partial charge is 0.345 e. The van der Waals surface area contributed by atoms with Crippen molar-refractivity contribution in [1.29, 1.82) is 0 Å². The van der Waals surface area contributed by atoms with Crippen LogP contribution in [-0.2, 0) is 0 Å². The first-order valence-electron chi connectivity index (χ1n) is 7.57. The number of fused-ring (bicyclic) bond motifs is 1. The maximum Gasteiger partial charge on any atom is 0.274 e. The molecule has 1 aliphatic rings. The number of hydrogen-bond donors (Lipinski definition) is 0. The fourth-order valence-electron chi connectivity index (χ4n) is 2.69. The van der Waals surface area contributed by atoms with Crippen molar-refractivity contribution in [2.24, 2.45) is 0 Å². The fraction of sp³-hybridized carbons (Fsp3) is 0.250. The lowest BCUT2D eigenvalue weighted by atomic mass is 10.3. The number of nitrogens with zero attached hydrogens (tertiary/aromatic N) is 5. The summed E-state index contributed by atoms with van der Waals surface area (Å²) in [4.78, 5) is 28.8. The van der Waals surface area contributed by atoms with Crippen molar-refractivity contribution in [3.8, 4) is 0 Å². The summed E-state index contributed by atoms with van der Waals surface area (Å²) in [5.41, 5.74) is 1.16. The maximum absolute atomic E-state index is 13.3. The Hall–Kier alpha value is -2.61.